The monoisotopic (exact) mass is 485 g/mol. The molecule has 1 amide bonds. The van der Waals surface area contributed by atoms with Crippen LogP contribution in [0.1, 0.15) is 44.5 Å². The number of hydrogen-bond acceptors (Lipinski definition) is 8. The average molecular weight is 485 g/mol. The lowest BCUT2D eigenvalue weighted by atomic mass is 9.99. The maximum Gasteiger partial charge on any atom is 0.433 e. The molecular weight excluding hydrogens is 467 g/mol. The van der Waals surface area contributed by atoms with Crippen molar-refractivity contribution in [3.63, 3.8) is 0 Å². The lowest BCUT2D eigenvalue weighted by Crippen LogP contribution is -2.44. The second kappa shape index (κ2) is 7.60. The lowest BCUT2D eigenvalue weighted by Gasteiger charge is -2.32. The molecule has 0 fully saturated rings. The molecular formula is C22H18F3N7O3. The molecule has 4 aromatic rings. The van der Waals surface area contributed by atoms with Crippen LogP contribution in [0.15, 0.2) is 30.7 Å². The molecule has 35 heavy (non-hydrogen) atoms. The number of hydrazine groups is 1. The second-order valence-electron chi connectivity index (χ2n) is 8.36. The summed E-state index contributed by atoms with van der Waals surface area (Å²) in [6.07, 6.45) is -1.07. The van der Waals surface area contributed by atoms with Gasteiger partial charge in [-0.1, -0.05) is 0 Å². The van der Waals surface area contributed by atoms with Gasteiger partial charge in [0.15, 0.2) is 0 Å². The zero-order chi connectivity index (χ0) is 24.5. The topological polar surface area (TPSA) is 134 Å². The summed E-state index contributed by atoms with van der Waals surface area (Å²) in [5, 5.41) is 1.68. The number of aromatic nitrogens is 4. The molecule has 4 N–H and O–H groups in total. The zero-order valence-electron chi connectivity index (χ0n) is 18.0. The normalized spacial score (nSPS) is 17.5. The highest BCUT2D eigenvalue weighted by molar-refractivity contribution is 5.97. The maximum absolute atomic E-state index is 13.3. The van der Waals surface area contributed by atoms with Crippen LogP contribution in [0.4, 0.5) is 19.0 Å². The molecule has 0 aromatic carbocycles. The van der Waals surface area contributed by atoms with Gasteiger partial charge in [0.1, 0.15) is 22.9 Å². The van der Waals surface area contributed by atoms with Gasteiger partial charge in [0, 0.05) is 22.7 Å². The number of rotatable bonds is 2. The summed E-state index contributed by atoms with van der Waals surface area (Å²) in [6, 6.07) is 2.35. The number of nitrogens with zero attached hydrogens (tertiary/aromatic N) is 5. The molecule has 4 aromatic heterocycles. The largest absolute Gasteiger partial charge is 0.433 e. The molecule has 1 atom stereocenters. The van der Waals surface area contributed by atoms with Crippen LogP contribution in [0.2, 0.25) is 0 Å². The smallest absolute Gasteiger partial charge is 0.383 e. The van der Waals surface area contributed by atoms with Gasteiger partial charge in [0.25, 0.3) is 5.91 Å². The number of fused-ring (bicyclic) bond motifs is 6. The summed E-state index contributed by atoms with van der Waals surface area (Å²) in [5.41, 5.74) is 8.42. The van der Waals surface area contributed by atoms with Gasteiger partial charge < -0.3 is 15.2 Å². The van der Waals surface area contributed by atoms with Crippen molar-refractivity contribution >= 4 is 28.3 Å². The van der Waals surface area contributed by atoms with E-state index in [4.69, 9.17) is 21.1 Å². The van der Waals surface area contributed by atoms with E-state index in [1.807, 2.05) is 0 Å². The number of alkyl halides is 3. The number of anilines is 1. The number of ether oxygens (including phenoxy) is 2. The maximum atomic E-state index is 13.3. The van der Waals surface area contributed by atoms with E-state index in [1.54, 1.807) is 6.07 Å². The summed E-state index contributed by atoms with van der Waals surface area (Å²) >= 11 is 0. The summed E-state index contributed by atoms with van der Waals surface area (Å²) in [4.78, 5) is 25.8. The fraction of sp³-hybridized carbons (Fsp3) is 0.273. The van der Waals surface area contributed by atoms with Gasteiger partial charge in [-0.25, -0.2) is 20.8 Å². The number of nitrogen functional groups attached to an aromatic ring is 1. The molecule has 0 bridgehead atoms. The predicted molar refractivity (Wildman–Crippen MR) is 115 cm³/mol. The number of imidazole rings is 1. The Morgan fingerprint density at radius 2 is 1.89 bits per heavy atom. The fourth-order valence-corrected chi connectivity index (χ4v) is 4.65. The summed E-state index contributed by atoms with van der Waals surface area (Å²) in [6.45, 7) is 0.785. The Bertz CT molecular complexity index is 1520. The molecule has 1 unspecified atom stereocenters. The molecule has 6 rings (SSSR count). The summed E-state index contributed by atoms with van der Waals surface area (Å²) < 4.78 is 52.0. The first-order valence-electron chi connectivity index (χ1n) is 10.6. The van der Waals surface area contributed by atoms with Crippen molar-refractivity contribution in [1.82, 2.24) is 24.4 Å². The van der Waals surface area contributed by atoms with Crippen LogP contribution in [0.5, 0.6) is 0 Å². The molecule has 0 radical (unpaired) electrons. The van der Waals surface area contributed by atoms with E-state index in [1.165, 1.54) is 18.5 Å². The Balaban J connectivity index is 1.37. The Labute approximate surface area is 195 Å². The van der Waals surface area contributed by atoms with E-state index in [0.717, 1.165) is 26.7 Å². The van der Waals surface area contributed by atoms with Crippen molar-refractivity contribution in [2.75, 3.05) is 12.3 Å². The Kier molecular flexibility index (Phi) is 4.71. The molecule has 6 heterocycles. The molecule has 2 aliphatic rings. The van der Waals surface area contributed by atoms with E-state index in [0.29, 0.717) is 41.1 Å². The van der Waals surface area contributed by atoms with Crippen molar-refractivity contribution in [3.8, 4) is 0 Å². The Morgan fingerprint density at radius 1 is 1.11 bits per heavy atom. The van der Waals surface area contributed by atoms with Crippen LogP contribution in [0.25, 0.3) is 16.6 Å². The van der Waals surface area contributed by atoms with Gasteiger partial charge in [0.05, 0.1) is 50.4 Å². The molecule has 13 heteroatoms. The molecule has 10 nitrogen and oxygen atoms in total. The third kappa shape index (κ3) is 3.31. The Hall–Kier alpha value is -3.81. The standard InChI is InChI=1S/C22H18F3N7O3/c23-22(24,25)18-5-29-20-14-8-35-9-17(10(14)1-2-31(18)20)32(27)21(33)15-3-11-12-6-34-7-13(12)19(26)30-16(11)4-28-15/h1-5,17H,6-9,27H2,(H2,26,30). The first-order chi connectivity index (χ1) is 16.7. The third-order valence-corrected chi connectivity index (χ3v) is 6.39. The van der Waals surface area contributed by atoms with E-state index >= 15 is 0 Å². The first-order valence-corrected chi connectivity index (χ1v) is 10.6. The number of nitrogens with two attached hydrogens (primary N) is 2. The van der Waals surface area contributed by atoms with Gasteiger partial charge in [0.2, 0.25) is 0 Å². The number of hydrogen-bond donors (Lipinski definition) is 2. The van der Waals surface area contributed by atoms with Crippen molar-refractivity contribution in [3.05, 3.63) is 64.4 Å². The number of amides is 1. The number of pyridine rings is 3. The van der Waals surface area contributed by atoms with E-state index in [9.17, 15) is 18.0 Å². The van der Waals surface area contributed by atoms with Gasteiger partial charge in [-0.15, -0.1) is 0 Å². The van der Waals surface area contributed by atoms with Crippen LogP contribution >= 0.6 is 0 Å². The minimum atomic E-state index is -4.56. The molecule has 180 valence electrons. The van der Waals surface area contributed by atoms with E-state index in [-0.39, 0.29) is 24.6 Å². The number of carbonyl (C=O) groups excluding carboxylic acids is 1. The third-order valence-electron chi connectivity index (χ3n) is 6.39. The Morgan fingerprint density at radius 3 is 2.69 bits per heavy atom. The summed E-state index contributed by atoms with van der Waals surface area (Å²) in [5.74, 6) is 6.01. The molecule has 2 aliphatic heterocycles. The highest BCUT2D eigenvalue weighted by Gasteiger charge is 2.37. The van der Waals surface area contributed by atoms with Crippen LogP contribution < -0.4 is 11.6 Å². The van der Waals surface area contributed by atoms with Crippen molar-refractivity contribution in [2.45, 2.75) is 32.0 Å². The van der Waals surface area contributed by atoms with Gasteiger partial charge in [-0.05, 0) is 23.3 Å². The quantitative estimate of drug-likeness (QED) is 0.251. The fourth-order valence-electron chi connectivity index (χ4n) is 4.65. The van der Waals surface area contributed by atoms with Crippen molar-refractivity contribution in [2.24, 2.45) is 5.84 Å². The van der Waals surface area contributed by atoms with Crippen LogP contribution in [-0.2, 0) is 35.5 Å². The van der Waals surface area contributed by atoms with Crippen molar-refractivity contribution in [1.29, 1.82) is 0 Å². The number of carbonyl (C=O) groups is 1. The van der Waals surface area contributed by atoms with Crippen LogP contribution in [-0.4, -0.2) is 36.9 Å². The average Bonchev–Trinajstić information content (AvgIpc) is 3.50. The zero-order valence-corrected chi connectivity index (χ0v) is 18.0. The highest BCUT2D eigenvalue weighted by Crippen LogP contribution is 2.36. The molecule has 0 spiro atoms. The molecule has 0 saturated heterocycles. The minimum Gasteiger partial charge on any atom is -0.383 e. The highest BCUT2D eigenvalue weighted by atomic mass is 19.4. The molecule has 0 saturated carbocycles. The van der Waals surface area contributed by atoms with E-state index in [2.05, 4.69) is 15.0 Å². The minimum absolute atomic E-state index is 0.0416. The lowest BCUT2D eigenvalue weighted by molar-refractivity contribution is -0.141. The second-order valence-corrected chi connectivity index (χ2v) is 8.36. The van der Waals surface area contributed by atoms with Crippen molar-refractivity contribution < 1.29 is 27.4 Å². The van der Waals surface area contributed by atoms with E-state index < -0.39 is 23.8 Å². The van der Waals surface area contributed by atoms with Crippen LogP contribution in [0, 0.1) is 0 Å². The van der Waals surface area contributed by atoms with Gasteiger partial charge in [-0.3, -0.25) is 14.2 Å². The molecule has 0 aliphatic carbocycles. The van der Waals surface area contributed by atoms with Crippen LogP contribution in [0.3, 0.4) is 0 Å². The number of halogens is 3. The van der Waals surface area contributed by atoms with Gasteiger partial charge in [-0.2, -0.15) is 13.2 Å². The predicted octanol–water partition coefficient (Wildman–Crippen LogP) is 2.50. The van der Waals surface area contributed by atoms with Gasteiger partial charge >= 0.3 is 6.18 Å². The SMILES string of the molecule is Nc1nc2cnc(C(=O)N(N)C3COCc4c3ccn3c(C(F)(F)F)cnc43)cc2c2c1COC2. The first kappa shape index (κ1) is 21.7. The summed E-state index contributed by atoms with van der Waals surface area (Å²) in [7, 11) is 0.